The topological polar surface area (TPSA) is 78.7 Å². The summed E-state index contributed by atoms with van der Waals surface area (Å²) in [7, 11) is 1.98. The summed E-state index contributed by atoms with van der Waals surface area (Å²) in [5.74, 6) is 0.630. The van der Waals surface area contributed by atoms with Gasteiger partial charge in [-0.05, 0) is 41.2 Å². The third-order valence-corrected chi connectivity index (χ3v) is 5.06. The van der Waals surface area contributed by atoms with Crippen LogP contribution in [0.1, 0.15) is 42.1 Å². The zero-order chi connectivity index (χ0) is 17.6. The summed E-state index contributed by atoms with van der Waals surface area (Å²) < 4.78 is 5.10. The number of hydrogen-bond donors (Lipinski definition) is 1. The number of amides is 2. The predicted molar refractivity (Wildman–Crippen MR) is 88.6 cm³/mol. The van der Waals surface area contributed by atoms with Crippen molar-refractivity contribution < 1.29 is 14.1 Å². The van der Waals surface area contributed by atoms with Crippen LogP contribution < -0.4 is 5.32 Å². The maximum atomic E-state index is 12.6. The molecule has 2 aliphatic rings. The van der Waals surface area contributed by atoms with E-state index in [1.165, 1.54) is 0 Å². The highest BCUT2D eigenvalue weighted by Gasteiger charge is 2.53. The lowest BCUT2D eigenvalue weighted by atomic mass is 9.77. The minimum Gasteiger partial charge on any atom is -0.361 e. The van der Waals surface area contributed by atoms with Crippen LogP contribution in [0.15, 0.2) is 4.52 Å². The average Bonchev–Trinajstić information content (AvgIpc) is 2.96. The molecule has 2 aliphatic heterocycles. The Hall–Kier alpha value is -1.89. The van der Waals surface area contributed by atoms with Crippen LogP contribution >= 0.6 is 0 Å². The van der Waals surface area contributed by atoms with E-state index in [4.69, 9.17) is 4.52 Å². The zero-order valence-electron chi connectivity index (χ0n) is 15.0. The Morgan fingerprint density at radius 3 is 2.50 bits per heavy atom. The molecule has 132 valence electrons. The molecule has 2 saturated heterocycles. The number of aryl methyl sites for hydroxylation is 2. The van der Waals surface area contributed by atoms with Crippen molar-refractivity contribution in [1.82, 2.24) is 20.3 Å². The molecule has 24 heavy (non-hydrogen) atoms. The van der Waals surface area contributed by atoms with E-state index in [1.54, 1.807) is 13.8 Å². The molecule has 1 N–H and O–H groups in total. The number of likely N-dealkylation sites (N-methyl/N-ethyl adjacent to an activating group) is 1. The lowest BCUT2D eigenvalue weighted by Crippen LogP contribution is -2.59. The highest BCUT2D eigenvalue weighted by Crippen LogP contribution is 2.42. The summed E-state index contributed by atoms with van der Waals surface area (Å²) in [6.45, 7) is 9.70. The Labute approximate surface area is 142 Å². The van der Waals surface area contributed by atoms with E-state index in [0.717, 1.165) is 13.0 Å². The molecule has 3 heterocycles. The second-order valence-electron chi connectivity index (χ2n) is 7.66. The molecule has 0 saturated carbocycles. The minimum absolute atomic E-state index is 0.0189. The third kappa shape index (κ3) is 2.81. The van der Waals surface area contributed by atoms with Gasteiger partial charge in [-0.25, -0.2) is 0 Å². The fraction of sp³-hybridized carbons (Fsp3) is 0.706. The van der Waals surface area contributed by atoms with E-state index in [-0.39, 0.29) is 29.3 Å². The second kappa shape index (κ2) is 5.88. The molecular formula is C17H26N4O3. The highest BCUT2D eigenvalue weighted by molar-refractivity contribution is 5.96. The van der Waals surface area contributed by atoms with Gasteiger partial charge < -0.3 is 14.7 Å². The summed E-state index contributed by atoms with van der Waals surface area (Å²) in [5, 5.41) is 6.85. The van der Waals surface area contributed by atoms with Crippen LogP contribution in [0.5, 0.6) is 0 Å². The van der Waals surface area contributed by atoms with Crippen molar-refractivity contribution in [1.29, 1.82) is 0 Å². The van der Waals surface area contributed by atoms with Gasteiger partial charge in [0.05, 0.1) is 11.7 Å². The summed E-state index contributed by atoms with van der Waals surface area (Å²) in [6.07, 6.45) is 0.799. The van der Waals surface area contributed by atoms with E-state index >= 15 is 0 Å². The molecule has 7 nitrogen and oxygen atoms in total. The number of hydrogen-bond acceptors (Lipinski definition) is 5. The van der Waals surface area contributed by atoms with Gasteiger partial charge in [0.25, 0.3) is 5.91 Å². The molecule has 1 aromatic rings. The third-order valence-electron chi connectivity index (χ3n) is 5.06. The molecule has 3 rings (SSSR count). The summed E-state index contributed by atoms with van der Waals surface area (Å²) in [5.41, 5.74) is 1.24. The number of nitrogens with zero attached hydrogens (tertiary/aromatic N) is 3. The lowest BCUT2D eigenvalue weighted by molar-refractivity contribution is -0.125. The predicted octanol–water partition coefficient (Wildman–Crippen LogP) is 0.962. The summed E-state index contributed by atoms with van der Waals surface area (Å²) in [4.78, 5) is 28.9. The van der Waals surface area contributed by atoms with Gasteiger partial charge in [0, 0.05) is 31.1 Å². The fourth-order valence-corrected chi connectivity index (χ4v) is 4.03. The molecule has 0 aromatic carbocycles. The normalized spacial score (nSPS) is 22.9. The van der Waals surface area contributed by atoms with Crippen molar-refractivity contribution in [2.24, 2.45) is 5.41 Å². The van der Waals surface area contributed by atoms with Crippen LogP contribution in [0.4, 0.5) is 0 Å². The van der Waals surface area contributed by atoms with Crippen molar-refractivity contribution in [3.05, 3.63) is 17.0 Å². The first-order chi connectivity index (χ1) is 11.2. The zero-order valence-corrected chi connectivity index (χ0v) is 15.0. The van der Waals surface area contributed by atoms with Gasteiger partial charge in [0.1, 0.15) is 11.3 Å². The van der Waals surface area contributed by atoms with Gasteiger partial charge in [-0.3, -0.25) is 14.5 Å². The quantitative estimate of drug-likeness (QED) is 0.891. The first-order valence-corrected chi connectivity index (χ1v) is 8.45. The fourth-order valence-electron chi connectivity index (χ4n) is 4.03. The summed E-state index contributed by atoms with van der Waals surface area (Å²) in [6, 6.07) is 0.0326. The van der Waals surface area contributed by atoms with Crippen LogP contribution in [0.2, 0.25) is 0 Å². The van der Waals surface area contributed by atoms with Gasteiger partial charge in [-0.1, -0.05) is 5.16 Å². The largest absolute Gasteiger partial charge is 0.361 e. The summed E-state index contributed by atoms with van der Waals surface area (Å²) >= 11 is 0. The van der Waals surface area contributed by atoms with Gasteiger partial charge in [0.15, 0.2) is 0 Å². The standard InChI is InChI=1S/C17H26N4O3/c1-10(2)18-15(22)13-6-17(7-20(13)5)8-21(9-17)16(23)14-11(3)19-24-12(14)4/h10,13H,6-9H2,1-5H3,(H,18,22). The first-order valence-electron chi connectivity index (χ1n) is 8.45. The van der Waals surface area contributed by atoms with Crippen LogP contribution in [0, 0.1) is 19.3 Å². The Bertz CT molecular complexity index is 641. The molecule has 1 spiro atoms. The first kappa shape index (κ1) is 17.0. The Balaban J connectivity index is 1.64. The molecular weight excluding hydrogens is 308 g/mol. The molecule has 1 unspecified atom stereocenters. The molecule has 1 atom stereocenters. The van der Waals surface area contributed by atoms with E-state index in [2.05, 4.69) is 15.4 Å². The SMILES string of the molecule is Cc1noc(C)c1C(=O)N1CC2(CC(C(=O)NC(C)C)N(C)C2)C1. The van der Waals surface area contributed by atoms with E-state index in [1.807, 2.05) is 25.8 Å². The van der Waals surface area contributed by atoms with Gasteiger partial charge in [-0.2, -0.15) is 0 Å². The Morgan fingerprint density at radius 2 is 1.96 bits per heavy atom. The van der Waals surface area contributed by atoms with Crippen LogP contribution in [0.25, 0.3) is 0 Å². The minimum atomic E-state index is -0.108. The number of carbonyl (C=O) groups is 2. The van der Waals surface area contributed by atoms with E-state index in [9.17, 15) is 9.59 Å². The van der Waals surface area contributed by atoms with Crippen molar-refractivity contribution in [2.45, 2.75) is 46.2 Å². The number of rotatable bonds is 3. The van der Waals surface area contributed by atoms with Crippen molar-refractivity contribution in [3.63, 3.8) is 0 Å². The Kier molecular flexibility index (Phi) is 4.15. The molecule has 1 aromatic heterocycles. The molecule has 7 heteroatoms. The monoisotopic (exact) mass is 334 g/mol. The van der Waals surface area contributed by atoms with Crippen molar-refractivity contribution in [3.8, 4) is 0 Å². The van der Waals surface area contributed by atoms with Gasteiger partial charge in [-0.15, -0.1) is 0 Å². The van der Waals surface area contributed by atoms with Gasteiger partial charge in [0.2, 0.25) is 5.91 Å². The van der Waals surface area contributed by atoms with Crippen LogP contribution in [-0.4, -0.2) is 65.5 Å². The van der Waals surface area contributed by atoms with E-state index in [0.29, 0.717) is 30.1 Å². The number of aromatic nitrogens is 1. The number of nitrogens with one attached hydrogen (secondary N) is 1. The van der Waals surface area contributed by atoms with Crippen LogP contribution in [-0.2, 0) is 4.79 Å². The molecule has 0 bridgehead atoms. The lowest BCUT2D eigenvalue weighted by Gasteiger charge is -2.48. The number of carbonyl (C=O) groups excluding carboxylic acids is 2. The molecule has 0 aliphatic carbocycles. The van der Waals surface area contributed by atoms with E-state index < -0.39 is 0 Å². The second-order valence-corrected chi connectivity index (χ2v) is 7.66. The van der Waals surface area contributed by atoms with Crippen molar-refractivity contribution >= 4 is 11.8 Å². The molecule has 0 radical (unpaired) electrons. The maximum absolute atomic E-state index is 12.6. The molecule has 2 fully saturated rings. The van der Waals surface area contributed by atoms with Crippen LogP contribution in [0.3, 0.4) is 0 Å². The molecule has 2 amide bonds. The number of likely N-dealkylation sites (tertiary alicyclic amines) is 2. The maximum Gasteiger partial charge on any atom is 0.259 e. The average molecular weight is 334 g/mol. The van der Waals surface area contributed by atoms with Crippen molar-refractivity contribution in [2.75, 3.05) is 26.7 Å². The smallest absolute Gasteiger partial charge is 0.259 e. The highest BCUT2D eigenvalue weighted by atomic mass is 16.5. The Morgan fingerprint density at radius 1 is 1.29 bits per heavy atom. The van der Waals surface area contributed by atoms with Gasteiger partial charge >= 0.3 is 0 Å².